The molecular weight excluding hydrogens is 295 g/mol. The molecule has 0 fully saturated rings. The van der Waals surface area contributed by atoms with Crippen molar-refractivity contribution in [2.45, 2.75) is 6.18 Å². The van der Waals surface area contributed by atoms with Gasteiger partial charge in [-0.15, -0.1) is 0 Å². The van der Waals surface area contributed by atoms with E-state index in [0.29, 0.717) is 12.1 Å². The fourth-order valence-corrected chi connectivity index (χ4v) is 1.64. The number of rotatable bonds is 3. The fraction of sp³-hybridized carbons (Fsp3) is 0.125. The Balaban J connectivity index is 3.68. The Morgan fingerprint density at radius 3 is 2.21 bits per heavy atom. The van der Waals surface area contributed by atoms with Crippen LogP contribution in [0.5, 0.6) is 5.75 Å². The molecule has 0 bridgehead atoms. The lowest BCUT2D eigenvalue weighted by atomic mass is 10.0. The van der Waals surface area contributed by atoms with Crippen LogP contribution in [0.1, 0.15) is 15.9 Å². The van der Waals surface area contributed by atoms with E-state index in [0.717, 1.165) is 0 Å². The molecule has 0 amide bonds. The topological polar surface area (TPSA) is 127 Å². The van der Waals surface area contributed by atoms with Crippen LogP contribution in [-0.2, 0) is 16.6 Å². The van der Waals surface area contributed by atoms with E-state index >= 15 is 0 Å². The average Bonchev–Trinajstić information content (AvgIpc) is 2.16. The Kier molecular flexibility index (Phi) is 3.63. The van der Waals surface area contributed by atoms with E-state index in [1.807, 2.05) is 0 Å². The molecule has 0 saturated heterocycles. The molecule has 19 heavy (non-hydrogen) atoms. The molecule has 0 aromatic heterocycles. The van der Waals surface area contributed by atoms with Crippen molar-refractivity contribution in [3.8, 4) is 5.75 Å². The average molecular weight is 301 g/mol. The zero-order valence-electron chi connectivity index (χ0n) is 8.80. The van der Waals surface area contributed by atoms with Crippen molar-refractivity contribution < 1.29 is 40.2 Å². The SMILES string of the molecule is Nc1ccc(C(=O)O)c(C(F)(F)F)c1OS(=O)(=O)O. The molecule has 0 unspecified atom stereocenters. The molecule has 11 heteroatoms. The summed E-state index contributed by atoms with van der Waals surface area (Å²) >= 11 is 0. The summed E-state index contributed by atoms with van der Waals surface area (Å²) in [5.74, 6) is -3.46. The smallest absolute Gasteiger partial charge is 0.446 e. The van der Waals surface area contributed by atoms with Gasteiger partial charge in [0.05, 0.1) is 11.3 Å². The van der Waals surface area contributed by atoms with Gasteiger partial charge in [-0.05, 0) is 12.1 Å². The summed E-state index contributed by atoms with van der Waals surface area (Å²) in [6.45, 7) is 0. The number of carboxylic acids is 1. The van der Waals surface area contributed by atoms with E-state index in [4.69, 9.17) is 15.4 Å². The van der Waals surface area contributed by atoms with Gasteiger partial charge in [0.2, 0.25) is 0 Å². The zero-order valence-corrected chi connectivity index (χ0v) is 9.62. The number of halogens is 3. The number of carboxylic acid groups (broad SMARTS) is 1. The first-order valence-electron chi connectivity index (χ1n) is 4.33. The van der Waals surface area contributed by atoms with E-state index < -0.39 is 45.1 Å². The third-order valence-corrected chi connectivity index (χ3v) is 2.27. The number of nitrogens with two attached hydrogens (primary N) is 1. The summed E-state index contributed by atoms with van der Waals surface area (Å²) in [4.78, 5) is 10.7. The minimum atomic E-state index is -5.30. The number of aromatic carboxylic acids is 1. The second-order valence-corrected chi connectivity index (χ2v) is 4.24. The number of carbonyl (C=O) groups is 1. The summed E-state index contributed by atoms with van der Waals surface area (Å²) in [6.07, 6.45) is -5.25. The number of benzene rings is 1. The van der Waals surface area contributed by atoms with Crippen molar-refractivity contribution in [2.75, 3.05) is 5.73 Å². The molecule has 7 nitrogen and oxygen atoms in total. The summed E-state index contributed by atoms with van der Waals surface area (Å²) in [5.41, 5.74) is 1.14. The Bertz CT molecular complexity index is 624. The highest BCUT2D eigenvalue weighted by atomic mass is 32.3. The number of anilines is 1. The number of hydrogen-bond donors (Lipinski definition) is 3. The molecule has 1 aromatic carbocycles. The van der Waals surface area contributed by atoms with Crippen LogP contribution in [0.4, 0.5) is 18.9 Å². The van der Waals surface area contributed by atoms with Crippen molar-refractivity contribution in [3.63, 3.8) is 0 Å². The maximum Gasteiger partial charge on any atom is 0.446 e. The minimum Gasteiger partial charge on any atom is -0.478 e. The molecule has 1 rings (SSSR count). The van der Waals surface area contributed by atoms with Gasteiger partial charge in [0.25, 0.3) is 0 Å². The van der Waals surface area contributed by atoms with Gasteiger partial charge in [0, 0.05) is 0 Å². The first kappa shape index (κ1) is 15.0. The molecule has 0 aliphatic carbocycles. The lowest BCUT2D eigenvalue weighted by Gasteiger charge is -2.16. The highest BCUT2D eigenvalue weighted by molar-refractivity contribution is 7.81. The predicted molar refractivity (Wildman–Crippen MR) is 55.0 cm³/mol. The fourth-order valence-electron chi connectivity index (χ4n) is 1.25. The van der Waals surface area contributed by atoms with Gasteiger partial charge < -0.3 is 15.0 Å². The zero-order chi connectivity index (χ0) is 15.0. The van der Waals surface area contributed by atoms with Crippen LogP contribution in [0.15, 0.2) is 12.1 Å². The number of nitrogen functional groups attached to an aromatic ring is 1. The Hall–Kier alpha value is -2.01. The normalized spacial score (nSPS) is 12.2. The molecule has 0 saturated carbocycles. The van der Waals surface area contributed by atoms with Crippen LogP contribution >= 0.6 is 0 Å². The van der Waals surface area contributed by atoms with Gasteiger partial charge in [-0.3, -0.25) is 4.55 Å². The van der Waals surface area contributed by atoms with Gasteiger partial charge in [-0.25, -0.2) is 4.79 Å². The summed E-state index contributed by atoms with van der Waals surface area (Å²) in [6, 6.07) is 1.25. The third-order valence-electron chi connectivity index (χ3n) is 1.89. The summed E-state index contributed by atoms with van der Waals surface area (Å²) < 4.78 is 71.3. The monoisotopic (exact) mass is 301 g/mol. The Morgan fingerprint density at radius 2 is 1.84 bits per heavy atom. The van der Waals surface area contributed by atoms with Gasteiger partial charge in [0.15, 0.2) is 5.75 Å². The van der Waals surface area contributed by atoms with Crippen molar-refractivity contribution in [1.82, 2.24) is 0 Å². The molecule has 0 radical (unpaired) electrons. The minimum absolute atomic E-state index is 0.539. The Labute approximate surface area is 104 Å². The standard InChI is InChI=1S/C8H6F3NO6S/c9-8(10,11)5-3(7(13)14)1-2-4(12)6(5)18-19(15,16)17/h1-2H,12H2,(H,13,14)(H,15,16,17). The number of hydrogen-bond acceptors (Lipinski definition) is 5. The van der Waals surface area contributed by atoms with Crippen molar-refractivity contribution in [2.24, 2.45) is 0 Å². The first-order chi connectivity index (χ1) is 8.43. The number of alkyl halides is 3. The summed E-state index contributed by atoms with van der Waals surface area (Å²) in [7, 11) is -5.30. The Morgan fingerprint density at radius 1 is 1.32 bits per heavy atom. The quantitative estimate of drug-likeness (QED) is 0.564. The molecule has 0 atom stereocenters. The molecular formula is C8H6F3NO6S. The molecule has 1 aromatic rings. The van der Waals surface area contributed by atoms with E-state index in [9.17, 15) is 26.4 Å². The first-order valence-corrected chi connectivity index (χ1v) is 5.70. The highest BCUT2D eigenvalue weighted by Crippen LogP contribution is 2.42. The second-order valence-electron chi connectivity index (χ2n) is 3.22. The van der Waals surface area contributed by atoms with Crippen LogP contribution in [0, 0.1) is 0 Å². The van der Waals surface area contributed by atoms with Crippen LogP contribution in [0.25, 0.3) is 0 Å². The van der Waals surface area contributed by atoms with Gasteiger partial charge in [0.1, 0.15) is 5.56 Å². The molecule has 0 heterocycles. The lowest BCUT2D eigenvalue weighted by molar-refractivity contribution is -0.138. The molecule has 0 aliphatic heterocycles. The van der Waals surface area contributed by atoms with Gasteiger partial charge in [-0.2, -0.15) is 21.6 Å². The maximum atomic E-state index is 12.7. The van der Waals surface area contributed by atoms with Crippen LogP contribution in [0.2, 0.25) is 0 Å². The van der Waals surface area contributed by atoms with E-state index in [1.165, 1.54) is 0 Å². The molecule has 4 N–H and O–H groups in total. The van der Waals surface area contributed by atoms with Gasteiger partial charge in [-0.1, -0.05) is 0 Å². The third kappa shape index (κ3) is 3.48. The molecule has 106 valence electrons. The largest absolute Gasteiger partial charge is 0.478 e. The van der Waals surface area contributed by atoms with Crippen LogP contribution in [-0.4, -0.2) is 24.0 Å². The van der Waals surface area contributed by atoms with Gasteiger partial charge >= 0.3 is 22.5 Å². The molecule has 0 aliphatic rings. The summed E-state index contributed by atoms with van der Waals surface area (Å²) in [5, 5.41) is 8.63. The van der Waals surface area contributed by atoms with E-state index in [2.05, 4.69) is 4.18 Å². The second kappa shape index (κ2) is 4.59. The van der Waals surface area contributed by atoms with Crippen molar-refractivity contribution in [1.29, 1.82) is 0 Å². The van der Waals surface area contributed by atoms with Crippen LogP contribution < -0.4 is 9.92 Å². The van der Waals surface area contributed by atoms with E-state index in [-0.39, 0.29) is 0 Å². The molecule has 0 spiro atoms. The van der Waals surface area contributed by atoms with Crippen molar-refractivity contribution >= 4 is 22.1 Å². The van der Waals surface area contributed by atoms with Crippen molar-refractivity contribution in [3.05, 3.63) is 23.3 Å². The highest BCUT2D eigenvalue weighted by Gasteiger charge is 2.41. The maximum absolute atomic E-state index is 12.7. The predicted octanol–water partition coefficient (Wildman–Crippen LogP) is 1.17. The van der Waals surface area contributed by atoms with E-state index in [1.54, 1.807) is 0 Å². The lowest BCUT2D eigenvalue weighted by Crippen LogP contribution is -2.18. The van der Waals surface area contributed by atoms with Crippen LogP contribution in [0.3, 0.4) is 0 Å².